The number of fused-ring (bicyclic) bond motifs is 2. The molecule has 2 aromatic heterocycles. The number of benzene rings is 8. The first-order valence-electron chi connectivity index (χ1n) is 21.4. The van der Waals surface area contributed by atoms with Gasteiger partial charge in [-0.15, -0.1) is 0 Å². The van der Waals surface area contributed by atoms with Crippen molar-refractivity contribution < 1.29 is 4.74 Å². The van der Waals surface area contributed by atoms with Gasteiger partial charge in [-0.25, -0.2) is 29.9 Å². The summed E-state index contributed by atoms with van der Waals surface area (Å²) in [7, 11) is 0. The summed E-state index contributed by atoms with van der Waals surface area (Å²) in [6.45, 7) is 4.55. The van der Waals surface area contributed by atoms with E-state index in [1.807, 2.05) is 121 Å². The Morgan fingerprint density at radius 1 is 0.266 bits per heavy atom. The minimum Gasteiger partial charge on any atom is -0.457 e. The number of nitrogens with zero attached hydrogens (tertiary/aromatic N) is 6. The Bertz CT molecular complexity index is 2980. The molecule has 0 amide bonds. The smallest absolute Gasteiger partial charge is 0.164 e. The zero-order valence-corrected chi connectivity index (χ0v) is 35.2. The summed E-state index contributed by atoms with van der Waals surface area (Å²) < 4.78 is 6.65. The summed E-state index contributed by atoms with van der Waals surface area (Å²) in [6, 6.07) is 70.0. The van der Waals surface area contributed by atoms with E-state index in [0.717, 1.165) is 78.3 Å². The van der Waals surface area contributed by atoms with E-state index in [1.54, 1.807) is 0 Å². The lowest BCUT2D eigenvalue weighted by atomic mass is 9.74. The van der Waals surface area contributed by atoms with Crippen LogP contribution in [-0.4, -0.2) is 29.9 Å². The molecule has 1 aliphatic heterocycles. The van der Waals surface area contributed by atoms with Gasteiger partial charge in [0.1, 0.15) is 11.5 Å². The summed E-state index contributed by atoms with van der Waals surface area (Å²) in [4.78, 5) is 29.7. The van der Waals surface area contributed by atoms with Gasteiger partial charge in [0.15, 0.2) is 34.9 Å². The molecule has 0 spiro atoms. The number of rotatable bonds is 8. The number of ether oxygens (including phenoxy) is 1. The van der Waals surface area contributed by atoms with Crippen molar-refractivity contribution >= 4 is 0 Å². The zero-order chi connectivity index (χ0) is 43.0. The number of hydrogen-bond donors (Lipinski definition) is 0. The van der Waals surface area contributed by atoms with E-state index < -0.39 is 0 Å². The molecule has 8 aromatic carbocycles. The topological polar surface area (TPSA) is 86.6 Å². The summed E-state index contributed by atoms with van der Waals surface area (Å²) >= 11 is 0. The molecule has 0 N–H and O–H groups in total. The predicted molar refractivity (Wildman–Crippen MR) is 255 cm³/mol. The molecule has 11 rings (SSSR count). The molecule has 10 aromatic rings. The van der Waals surface area contributed by atoms with E-state index in [0.29, 0.717) is 34.9 Å². The van der Waals surface area contributed by atoms with Gasteiger partial charge >= 0.3 is 0 Å². The molecule has 0 saturated carbocycles. The molecule has 0 saturated heterocycles. The van der Waals surface area contributed by atoms with Crippen molar-refractivity contribution in [3.05, 3.63) is 217 Å². The molecule has 0 aliphatic carbocycles. The Balaban J connectivity index is 0.931. The zero-order valence-electron chi connectivity index (χ0n) is 35.2. The van der Waals surface area contributed by atoms with Crippen molar-refractivity contribution in [1.29, 1.82) is 0 Å². The number of aromatic nitrogens is 6. The van der Waals surface area contributed by atoms with Crippen molar-refractivity contribution in [1.82, 2.24) is 29.9 Å². The molecule has 7 nitrogen and oxygen atoms in total. The van der Waals surface area contributed by atoms with E-state index in [2.05, 4.69) is 98.8 Å². The second-order valence-electron chi connectivity index (χ2n) is 16.4. The molecule has 64 heavy (non-hydrogen) atoms. The van der Waals surface area contributed by atoms with Crippen molar-refractivity contribution in [2.75, 3.05) is 0 Å². The third-order valence-corrected chi connectivity index (χ3v) is 11.8. The largest absolute Gasteiger partial charge is 0.457 e. The normalized spacial score (nSPS) is 12.5. The molecule has 7 heteroatoms. The second-order valence-corrected chi connectivity index (χ2v) is 16.4. The van der Waals surface area contributed by atoms with Gasteiger partial charge in [0.25, 0.3) is 0 Å². The highest BCUT2D eigenvalue weighted by Crippen LogP contribution is 2.50. The lowest BCUT2D eigenvalue weighted by Gasteiger charge is -2.35. The molecule has 0 unspecified atom stereocenters. The van der Waals surface area contributed by atoms with Gasteiger partial charge in [0.05, 0.1) is 0 Å². The second kappa shape index (κ2) is 16.1. The first-order valence-corrected chi connectivity index (χ1v) is 21.4. The quantitative estimate of drug-likeness (QED) is 0.151. The SMILES string of the molecule is CC1(C)c2cc(-c3cccc(-c4nc(-c5ccccc5)nc(-c5ccccc5)n4)c3)ccc2Oc2ccc(-c3cccc(-c4nc(-c5ccccc5)nc(-c5ccccc5)n4)c3)cc21. The first-order chi connectivity index (χ1) is 31.4. The van der Waals surface area contributed by atoms with Crippen molar-refractivity contribution in [3.63, 3.8) is 0 Å². The Labute approximate surface area is 371 Å². The lowest BCUT2D eigenvalue weighted by Crippen LogP contribution is -2.24. The van der Waals surface area contributed by atoms with E-state index in [4.69, 9.17) is 34.6 Å². The number of hydrogen-bond acceptors (Lipinski definition) is 7. The van der Waals surface area contributed by atoms with Gasteiger partial charge in [-0.2, -0.15) is 0 Å². The van der Waals surface area contributed by atoms with Crippen molar-refractivity contribution in [2.24, 2.45) is 0 Å². The van der Waals surface area contributed by atoms with Gasteiger partial charge in [0, 0.05) is 49.9 Å². The molecule has 1 aliphatic rings. The fourth-order valence-electron chi connectivity index (χ4n) is 8.39. The Morgan fingerprint density at radius 3 is 0.859 bits per heavy atom. The standard InChI is InChI=1S/C57H40N6O/c1-57(2)47-35-43(41-25-15-27-45(33-41)55-60-51(37-17-7-3-8-18-37)58-52(61-55)38-19-9-4-10-20-38)29-31-49(47)64-50-32-30-44(36-48(50)57)42-26-16-28-46(34-42)56-62-53(39-21-11-5-12-22-39)59-54(63-56)40-23-13-6-14-24-40/h3-36H,1-2H3. The van der Waals surface area contributed by atoms with E-state index in [-0.39, 0.29) is 5.41 Å². The Hall–Kier alpha value is -8.42. The summed E-state index contributed by atoms with van der Waals surface area (Å²) in [5, 5.41) is 0. The molecule has 0 atom stereocenters. The van der Waals surface area contributed by atoms with Gasteiger partial charge in [-0.1, -0.05) is 184 Å². The molecule has 0 radical (unpaired) electrons. The Kier molecular flexibility index (Phi) is 9.70. The fourth-order valence-corrected chi connectivity index (χ4v) is 8.39. The van der Waals surface area contributed by atoms with Crippen LogP contribution in [0, 0.1) is 0 Å². The van der Waals surface area contributed by atoms with E-state index >= 15 is 0 Å². The summed E-state index contributed by atoms with van der Waals surface area (Å²) in [5.74, 6) is 5.46. The molecular weight excluding hydrogens is 785 g/mol. The van der Waals surface area contributed by atoms with Crippen LogP contribution in [-0.2, 0) is 5.41 Å². The fraction of sp³-hybridized carbons (Fsp3) is 0.0526. The van der Waals surface area contributed by atoms with Crippen molar-refractivity contribution in [3.8, 4) is 102 Å². The van der Waals surface area contributed by atoms with Crippen LogP contribution in [0.25, 0.3) is 90.6 Å². The van der Waals surface area contributed by atoms with Crippen LogP contribution in [0.15, 0.2) is 206 Å². The minimum atomic E-state index is -0.378. The predicted octanol–water partition coefficient (Wildman–Crippen LogP) is 13.8. The summed E-state index contributed by atoms with van der Waals surface area (Å²) in [6.07, 6.45) is 0. The molecule has 0 bridgehead atoms. The maximum Gasteiger partial charge on any atom is 0.164 e. The van der Waals surface area contributed by atoms with E-state index in [9.17, 15) is 0 Å². The van der Waals surface area contributed by atoms with Crippen LogP contribution in [0.4, 0.5) is 0 Å². The summed E-state index contributed by atoms with van der Waals surface area (Å²) in [5.41, 5.74) is 11.7. The van der Waals surface area contributed by atoms with Crippen LogP contribution < -0.4 is 4.74 Å². The van der Waals surface area contributed by atoms with Crippen molar-refractivity contribution in [2.45, 2.75) is 19.3 Å². The minimum absolute atomic E-state index is 0.378. The van der Waals surface area contributed by atoms with Gasteiger partial charge in [-0.05, 0) is 58.7 Å². The van der Waals surface area contributed by atoms with Crippen LogP contribution in [0.2, 0.25) is 0 Å². The maximum absolute atomic E-state index is 6.65. The Morgan fingerprint density at radius 2 is 0.531 bits per heavy atom. The van der Waals surface area contributed by atoms with Crippen LogP contribution >= 0.6 is 0 Å². The monoisotopic (exact) mass is 824 g/mol. The highest BCUT2D eigenvalue weighted by Gasteiger charge is 2.35. The average molecular weight is 825 g/mol. The lowest BCUT2D eigenvalue weighted by molar-refractivity contribution is 0.418. The third-order valence-electron chi connectivity index (χ3n) is 11.8. The maximum atomic E-state index is 6.65. The molecular formula is C57H40N6O. The highest BCUT2D eigenvalue weighted by molar-refractivity contribution is 5.77. The van der Waals surface area contributed by atoms with Gasteiger partial charge in [-0.3, -0.25) is 0 Å². The van der Waals surface area contributed by atoms with Crippen LogP contribution in [0.5, 0.6) is 11.5 Å². The van der Waals surface area contributed by atoms with Crippen LogP contribution in [0.1, 0.15) is 25.0 Å². The highest BCUT2D eigenvalue weighted by atomic mass is 16.5. The van der Waals surface area contributed by atoms with Crippen LogP contribution in [0.3, 0.4) is 0 Å². The van der Waals surface area contributed by atoms with E-state index in [1.165, 1.54) is 0 Å². The molecule has 0 fully saturated rings. The molecule has 3 heterocycles. The van der Waals surface area contributed by atoms with Gasteiger partial charge in [0.2, 0.25) is 0 Å². The van der Waals surface area contributed by atoms with Gasteiger partial charge < -0.3 is 4.74 Å². The third kappa shape index (κ3) is 7.39. The first kappa shape index (κ1) is 38.5. The average Bonchev–Trinajstić information content (AvgIpc) is 3.37. The molecule has 304 valence electrons.